The predicted molar refractivity (Wildman–Crippen MR) is 150 cm³/mol. The zero-order valence-electron chi connectivity index (χ0n) is 21.2. The minimum atomic E-state index is -0.0868. The highest BCUT2D eigenvalue weighted by molar-refractivity contribution is 6.41. The Bertz CT molecular complexity index is 1310. The van der Waals surface area contributed by atoms with Gasteiger partial charge < -0.3 is 30.0 Å². The molecule has 3 heterocycles. The maximum atomic E-state index is 12.0. The molecule has 0 bridgehead atoms. The number of aliphatic hydroxyl groups is 1. The van der Waals surface area contributed by atoms with Gasteiger partial charge >= 0.3 is 0 Å². The fourth-order valence-electron chi connectivity index (χ4n) is 4.49. The van der Waals surface area contributed by atoms with E-state index in [9.17, 15) is 9.90 Å². The number of hydrogen-bond donors (Lipinski definition) is 3. The Kier molecular flexibility index (Phi) is 9.27. The minimum absolute atomic E-state index is 0.00823. The molecular formula is C27H30Cl2N4O5. The number of ketones is 1. The molecule has 0 unspecified atom stereocenters. The molecule has 1 aliphatic rings. The molecule has 2 atom stereocenters. The third kappa shape index (κ3) is 5.96. The van der Waals surface area contributed by atoms with Gasteiger partial charge in [0.2, 0.25) is 0 Å². The average molecular weight is 561 g/mol. The van der Waals surface area contributed by atoms with Crippen molar-refractivity contribution in [2.45, 2.75) is 18.9 Å². The molecule has 1 aliphatic heterocycles. The van der Waals surface area contributed by atoms with Crippen molar-refractivity contribution in [3.63, 3.8) is 0 Å². The maximum Gasteiger partial charge on any atom is 0.155 e. The summed E-state index contributed by atoms with van der Waals surface area (Å²) in [5.41, 5.74) is 0.936. The highest BCUT2D eigenvalue weighted by atomic mass is 35.5. The van der Waals surface area contributed by atoms with Crippen molar-refractivity contribution in [3.05, 3.63) is 47.1 Å². The Balaban J connectivity index is 1.76. The van der Waals surface area contributed by atoms with E-state index in [2.05, 4.69) is 22.2 Å². The van der Waals surface area contributed by atoms with E-state index >= 15 is 0 Å². The standard InChI is InChI=1S/C27H30Cl2N4O5/c1-4-17(35)9-15-5-8-38-14-20(15)32-23-11-18-16(13-31-23)10-19(33-27(18)30-6-7-34)24-25(28)21(36-2)12-22(37-3)26(24)29/h4,10-13,15,20,34H,1,5-9,14H2,2-3H3,(H,30,33)(H,31,32)/t15-,20-/m1/s1. The Morgan fingerprint density at radius 2 is 1.97 bits per heavy atom. The number of benzene rings is 1. The lowest BCUT2D eigenvalue weighted by molar-refractivity contribution is -0.116. The van der Waals surface area contributed by atoms with Crippen molar-refractivity contribution >= 4 is 51.4 Å². The van der Waals surface area contributed by atoms with E-state index in [1.165, 1.54) is 20.3 Å². The van der Waals surface area contributed by atoms with Gasteiger partial charge in [0.1, 0.15) is 23.1 Å². The summed E-state index contributed by atoms with van der Waals surface area (Å²) in [6.07, 6.45) is 4.25. The van der Waals surface area contributed by atoms with Crippen LogP contribution in [-0.2, 0) is 9.53 Å². The van der Waals surface area contributed by atoms with Crippen molar-refractivity contribution in [3.8, 4) is 22.8 Å². The number of allylic oxidation sites excluding steroid dienone is 1. The van der Waals surface area contributed by atoms with E-state index < -0.39 is 0 Å². The largest absolute Gasteiger partial charge is 0.495 e. The molecule has 0 saturated carbocycles. The number of carbonyl (C=O) groups is 1. The normalized spacial score (nSPS) is 17.2. The zero-order chi connectivity index (χ0) is 27.2. The molecule has 1 aromatic carbocycles. The summed E-state index contributed by atoms with van der Waals surface area (Å²) in [6, 6.07) is 5.24. The highest BCUT2D eigenvalue weighted by Crippen LogP contribution is 2.46. The SMILES string of the molecule is C=CC(=O)C[C@H]1CCOC[C@H]1Nc1cc2c(NCCO)nc(-c3c(Cl)c(OC)cc(OC)c3Cl)cc2cn1. The van der Waals surface area contributed by atoms with Crippen LogP contribution in [-0.4, -0.2) is 67.5 Å². The fraction of sp³-hybridized carbons (Fsp3) is 0.370. The first-order valence-electron chi connectivity index (χ1n) is 12.2. The summed E-state index contributed by atoms with van der Waals surface area (Å²) in [5.74, 6) is 2.03. The quantitative estimate of drug-likeness (QED) is 0.279. The molecule has 1 saturated heterocycles. The number of aromatic nitrogens is 2. The molecule has 38 heavy (non-hydrogen) atoms. The molecule has 3 aromatic rings. The predicted octanol–water partition coefficient (Wildman–Crippen LogP) is 4.99. The van der Waals surface area contributed by atoms with Gasteiger partial charge in [0, 0.05) is 48.2 Å². The number of halogens is 2. The molecule has 0 spiro atoms. The number of fused-ring (bicyclic) bond motifs is 1. The Morgan fingerprint density at radius 1 is 1.24 bits per heavy atom. The Hall–Kier alpha value is -3.11. The van der Waals surface area contributed by atoms with Gasteiger partial charge in [-0.2, -0.15) is 0 Å². The summed E-state index contributed by atoms with van der Waals surface area (Å²) >= 11 is 13.3. The number of anilines is 2. The van der Waals surface area contributed by atoms with Crippen LogP contribution in [0, 0.1) is 5.92 Å². The molecule has 0 radical (unpaired) electrons. The van der Waals surface area contributed by atoms with Crippen LogP contribution in [0.2, 0.25) is 10.0 Å². The first kappa shape index (κ1) is 27.9. The second kappa shape index (κ2) is 12.6. The first-order chi connectivity index (χ1) is 18.4. The van der Waals surface area contributed by atoms with Crippen molar-refractivity contribution in [1.82, 2.24) is 9.97 Å². The molecule has 4 rings (SSSR count). The van der Waals surface area contributed by atoms with E-state index in [1.807, 2.05) is 12.1 Å². The topological polar surface area (TPSA) is 115 Å². The molecule has 0 aliphatic carbocycles. The number of nitrogens with one attached hydrogen (secondary N) is 2. The molecular weight excluding hydrogens is 531 g/mol. The number of rotatable bonds is 11. The molecule has 202 valence electrons. The second-order valence-electron chi connectivity index (χ2n) is 8.83. The van der Waals surface area contributed by atoms with Crippen molar-refractivity contribution in [2.75, 3.05) is 51.2 Å². The van der Waals surface area contributed by atoms with Crippen LogP contribution in [0.5, 0.6) is 11.5 Å². The van der Waals surface area contributed by atoms with Gasteiger partial charge in [-0.1, -0.05) is 29.8 Å². The molecule has 1 fully saturated rings. The smallest absolute Gasteiger partial charge is 0.155 e. The summed E-state index contributed by atoms with van der Waals surface area (Å²) in [4.78, 5) is 21.4. The zero-order valence-corrected chi connectivity index (χ0v) is 22.7. The summed E-state index contributed by atoms with van der Waals surface area (Å²) in [5, 5.41) is 18.2. The third-order valence-electron chi connectivity index (χ3n) is 6.47. The number of ether oxygens (including phenoxy) is 3. The van der Waals surface area contributed by atoms with Gasteiger partial charge in [-0.05, 0) is 30.5 Å². The first-order valence-corrected chi connectivity index (χ1v) is 12.9. The van der Waals surface area contributed by atoms with Gasteiger partial charge in [0.05, 0.1) is 49.2 Å². The van der Waals surface area contributed by atoms with Gasteiger partial charge in [-0.15, -0.1) is 0 Å². The fourth-order valence-corrected chi connectivity index (χ4v) is 5.19. The number of aliphatic hydroxyl groups excluding tert-OH is 1. The van der Waals surface area contributed by atoms with Crippen molar-refractivity contribution < 1.29 is 24.1 Å². The average Bonchev–Trinajstić information content (AvgIpc) is 2.93. The van der Waals surface area contributed by atoms with E-state index in [-0.39, 0.29) is 30.9 Å². The molecule has 11 heteroatoms. The van der Waals surface area contributed by atoms with Crippen LogP contribution in [0.25, 0.3) is 22.0 Å². The minimum Gasteiger partial charge on any atom is -0.495 e. The molecule has 9 nitrogen and oxygen atoms in total. The maximum absolute atomic E-state index is 12.0. The summed E-state index contributed by atoms with van der Waals surface area (Å²) in [7, 11) is 3.02. The van der Waals surface area contributed by atoms with Crippen molar-refractivity contribution in [2.24, 2.45) is 5.92 Å². The number of methoxy groups -OCH3 is 2. The number of pyridine rings is 2. The molecule has 3 N–H and O–H groups in total. The molecule has 2 aromatic heterocycles. The van der Waals surface area contributed by atoms with Gasteiger partial charge in [-0.3, -0.25) is 4.79 Å². The van der Waals surface area contributed by atoms with Crippen LogP contribution in [0.1, 0.15) is 12.8 Å². The van der Waals surface area contributed by atoms with Gasteiger partial charge in [0.15, 0.2) is 5.78 Å². The van der Waals surface area contributed by atoms with Crippen LogP contribution in [0.15, 0.2) is 37.1 Å². The lowest BCUT2D eigenvalue weighted by Gasteiger charge is -2.32. The third-order valence-corrected chi connectivity index (χ3v) is 7.22. The van der Waals surface area contributed by atoms with Gasteiger partial charge in [-0.25, -0.2) is 9.97 Å². The monoisotopic (exact) mass is 560 g/mol. The summed E-state index contributed by atoms with van der Waals surface area (Å²) in [6.45, 7) is 4.86. The van der Waals surface area contributed by atoms with E-state index in [1.54, 1.807) is 12.3 Å². The van der Waals surface area contributed by atoms with Crippen molar-refractivity contribution in [1.29, 1.82) is 0 Å². The van der Waals surface area contributed by atoms with Crippen LogP contribution in [0.4, 0.5) is 11.6 Å². The lowest BCUT2D eigenvalue weighted by atomic mass is 9.89. The lowest BCUT2D eigenvalue weighted by Crippen LogP contribution is -2.39. The number of carbonyl (C=O) groups excluding carboxylic acids is 1. The highest BCUT2D eigenvalue weighted by Gasteiger charge is 2.28. The Labute approximate surface area is 231 Å². The number of hydrogen-bond acceptors (Lipinski definition) is 9. The molecule has 0 amide bonds. The van der Waals surface area contributed by atoms with E-state index in [0.717, 1.165) is 17.2 Å². The Morgan fingerprint density at radius 3 is 2.63 bits per heavy atom. The van der Waals surface area contributed by atoms with E-state index in [0.29, 0.717) is 64.1 Å². The van der Waals surface area contributed by atoms with Crippen LogP contribution >= 0.6 is 23.2 Å². The summed E-state index contributed by atoms with van der Waals surface area (Å²) < 4.78 is 16.5. The number of nitrogens with zero attached hydrogens (tertiary/aromatic N) is 2. The van der Waals surface area contributed by atoms with Crippen LogP contribution < -0.4 is 20.1 Å². The van der Waals surface area contributed by atoms with E-state index in [4.69, 9.17) is 42.4 Å². The second-order valence-corrected chi connectivity index (χ2v) is 9.59. The van der Waals surface area contributed by atoms with Crippen LogP contribution in [0.3, 0.4) is 0 Å². The van der Waals surface area contributed by atoms with Gasteiger partial charge in [0.25, 0.3) is 0 Å².